The van der Waals surface area contributed by atoms with Crippen LogP contribution in [0.25, 0.3) is 10.2 Å². The lowest BCUT2D eigenvalue weighted by Gasteiger charge is -2.28. The number of ether oxygens (including phenoxy) is 2. The normalized spacial score (nSPS) is 15.0. The summed E-state index contributed by atoms with van der Waals surface area (Å²) in [6.45, 7) is 3.55. The molecule has 0 unspecified atom stereocenters. The van der Waals surface area contributed by atoms with Gasteiger partial charge in [0.1, 0.15) is 12.4 Å². The van der Waals surface area contributed by atoms with Gasteiger partial charge in [-0.1, -0.05) is 18.2 Å². The van der Waals surface area contributed by atoms with Crippen LogP contribution in [0, 0.1) is 0 Å². The predicted molar refractivity (Wildman–Crippen MR) is 96.2 cm³/mol. The van der Waals surface area contributed by atoms with E-state index in [1.807, 2.05) is 36.4 Å². The van der Waals surface area contributed by atoms with Gasteiger partial charge >= 0.3 is 0 Å². The van der Waals surface area contributed by atoms with Gasteiger partial charge in [0.15, 0.2) is 5.82 Å². The Balaban J connectivity index is 1.62. The fraction of sp³-hybridized carbons (Fsp3) is 0.294. The molecule has 24 heavy (non-hydrogen) atoms. The van der Waals surface area contributed by atoms with Gasteiger partial charge < -0.3 is 14.4 Å². The number of fused-ring (bicyclic) bond motifs is 1. The highest BCUT2D eigenvalue weighted by Gasteiger charge is 2.19. The molecule has 0 bridgehead atoms. The maximum absolute atomic E-state index is 6.12. The molecule has 1 aliphatic rings. The van der Waals surface area contributed by atoms with E-state index in [0.717, 1.165) is 39.8 Å². The zero-order valence-electron chi connectivity index (χ0n) is 12.9. The van der Waals surface area contributed by atoms with Crippen molar-refractivity contribution in [2.45, 2.75) is 6.61 Å². The third kappa shape index (κ3) is 3.31. The molecular formula is C17H16ClN3O2S. The van der Waals surface area contributed by atoms with Gasteiger partial charge in [0.05, 0.1) is 23.4 Å². The van der Waals surface area contributed by atoms with Crippen molar-refractivity contribution in [3.8, 4) is 5.75 Å². The van der Waals surface area contributed by atoms with E-state index in [9.17, 15) is 0 Å². The Morgan fingerprint density at radius 2 is 1.96 bits per heavy atom. The molecule has 1 saturated heterocycles. The van der Waals surface area contributed by atoms with Crippen molar-refractivity contribution in [2.75, 3.05) is 31.2 Å². The van der Waals surface area contributed by atoms with Crippen LogP contribution in [-0.4, -0.2) is 36.3 Å². The minimum atomic E-state index is 0.275. The van der Waals surface area contributed by atoms with Crippen LogP contribution in [0.2, 0.25) is 5.28 Å². The molecule has 1 aliphatic heterocycles. The summed E-state index contributed by atoms with van der Waals surface area (Å²) in [5.74, 6) is 1.75. The quantitative estimate of drug-likeness (QED) is 0.662. The van der Waals surface area contributed by atoms with Crippen molar-refractivity contribution in [2.24, 2.45) is 0 Å². The van der Waals surface area contributed by atoms with Crippen molar-refractivity contribution in [1.29, 1.82) is 0 Å². The highest BCUT2D eigenvalue weighted by molar-refractivity contribution is 7.19. The standard InChI is InChI=1S/C17H16ClN3O2S/c18-17-19-14-10-13(11-23-12-4-2-1-3-5-12)24-15(14)16(20-17)21-6-8-22-9-7-21/h1-5,10H,6-9,11H2. The van der Waals surface area contributed by atoms with Crippen LogP contribution in [0.1, 0.15) is 4.88 Å². The average Bonchev–Trinajstić information content (AvgIpc) is 3.03. The molecule has 4 rings (SSSR count). The van der Waals surface area contributed by atoms with Gasteiger partial charge in [0, 0.05) is 18.0 Å². The zero-order valence-corrected chi connectivity index (χ0v) is 14.5. The molecule has 0 amide bonds. The van der Waals surface area contributed by atoms with Gasteiger partial charge in [-0.15, -0.1) is 11.3 Å². The minimum absolute atomic E-state index is 0.275. The molecule has 1 aromatic carbocycles. The van der Waals surface area contributed by atoms with E-state index in [0.29, 0.717) is 19.8 Å². The van der Waals surface area contributed by atoms with Gasteiger partial charge in [-0.05, 0) is 29.8 Å². The number of thiophene rings is 1. The monoisotopic (exact) mass is 361 g/mol. The molecule has 0 saturated carbocycles. The lowest BCUT2D eigenvalue weighted by atomic mass is 10.3. The van der Waals surface area contributed by atoms with E-state index in [2.05, 4.69) is 14.9 Å². The molecule has 0 radical (unpaired) electrons. The van der Waals surface area contributed by atoms with E-state index in [4.69, 9.17) is 21.1 Å². The maximum atomic E-state index is 6.12. The SMILES string of the molecule is Clc1nc(N2CCOCC2)c2sc(COc3ccccc3)cc2n1. The van der Waals surface area contributed by atoms with Crippen LogP contribution in [0.4, 0.5) is 5.82 Å². The van der Waals surface area contributed by atoms with Crippen molar-refractivity contribution in [1.82, 2.24) is 9.97 Å². The number of hydrogen-bond acceptors (Lipinski definition) is 6. The third-order valence-corrected chi connectivity index (χ3v) is 5.08. The summed E-state index contributed by atoms with van der Waals surface area (Å²) in [5.41, 5.74) is 0.869. The molecule has 3 heterocycles. The van der Waals surface area contributed by atoms with Gasteiger partial charge in [0.25, 0.3) is 0 Å². The molecule has 5 nitrogen and oxygen atoms in total. The molecular weight excluding hydrogens is 346 g/mol. The second kappa shape index (κ2) is 6.93. The number of benzene rings is 1. The largest absolute Gasteiger partial charge is 0.488 e. The van der Waals surface area contributed by atoms with Crippen molar-refractivity contribution >= 4 is 39.0 Å². The Labute approximate surface area is 148 Å². The number of morpholine rings is 1. The summed E-state index contributed by atoms with van der Waals surface area (Å²) in [6, 6.07) is 11.8. The lowest BCUT2D eigenvalue weighted by Crippen LogP contribution is -2.36. The molecule has 7 heteroatoms. The summed E-state index contributed by atoms with van der Waals surface area (Å²) < 4.78 is 12.3. The number of rotatable bonds is 4. The van der Waals surface area contributed by atoms with Crippen molar-refractivity contribution in [3.05, 3.63) is 46.6 Å². The fourth-order valence-electron chi connectivity index (χ4n) is 2.67. The van der Waals surface area contributed by atoms with E-state index in [1.165, 1.54) is 0 Å². The van der Waals surface area contributed by atoms with E-state index in [1.54, 1.807) is 11.3 Å². The highest BCUT2D eigenvalue weighted by atomic mass is 35.5. The Morgan fingerprint density at radius 3 is 2.75 bits per heavy atom. The first kappa shape index (κ1) is 15.6. The summed E-state index contributed by atoms with van der Waals surface area (Å²) in [6.07, 6.45) is 0. The highest BCUT2D eigenvalue weighted by Crippen LogP contribution is 2.33. The lowest BCUT2D eigenvalue weighted by molar-refractivity contribution is 0.122. The van der Waals surface area contributed by atoms with Crippen LogP contribution < -0.4 is 9.64 Å². The van der Waals surface area contributed by atoms with Gasteiger partial charge in [-0.3, -0.25) is 0 Å². The Kier molecular flexibility index (Phi) is 4.51. The van der Waals surface area contributed by atoms with Gasteiger partial charge in [-0.25, -0.2) is 4.98 Å². The van der Waals surface area contributed by atoms with Crippen LogP contribution in [0.15, 0.2) is 36.4 Å². The summed E-state index contributed by atoms with van der Waals surface area (Å²) in [5, 5.41) is 0.275. The van der Waals surface area contributed by atoms with Crippen molar-refractivity contribution < 1.29 is 9.47 Å². The van der Waals surface area contributed by atoms with E-state index >= 15 is 0 Å². The summed E-state index contributed by atoms with van der Waals surface area (Å²) in [4.78, 5) is 12.1. The molecule has 0 aliphatic carbocycles. The maximum Gasteiger partial charge on any atom is 0.224 e. The number of hydrogen-bond donors (Lipinski definition) is 0. The minimum Gasteiger partial charge on any atom is -0.488 e. The predicted octanol–water partition coefficient (Wildman–Crippen LogP) is 3.76. The summed E-state index contributed by atoms with van der Waals surface area (Å²) >= 11 is 7.77. The smallest absolute Gasteiger partial charge is 0.224 e. The van der Waals surface area contributed by atoms with Crippen molar-refractivity contribution in [3.63, 3.8) is 0 Å². The molecule has 2 aromatic heterocycles. The number of nitrogens with zero attached hydrogens (tertiary/aromatic N) is 3. The first-order valence-electron chi connectivity index (χ1n) is 7.76. The third-order valence-electron chi connectivity index (χ3n) is 3.81. The second-order valence-corrected chi connectivity index (χ2v) is 6.92. The first-order valence-corrected chi connectivity index (χ1v) is 8.95. The summed E-state index contributed by atoms with van der Waals surface area (Å²) in [7, 11) is 0. The van der Waals surface area contributed by atoms with Crippen LogP contribution in [0.3, 0.4) is 0 Å². The van der Waals surface area contributed by atoms with E-state index < -0.39 is 0 Å². The van der Waals surface area contributed by atoms with Gasteiger partial charge in [-0.2, -0.15) is 4.98 Å². The molecule has 0 spiro atoms. The molecule has 0 atom stereocenters. The number of anilines is 1. The number of aromatic nitrogens is 2. The van der Waals surface area contributed by atoms with Gasteiger partial charge in [0.2, 0.25) is 5.28 Å². The molecule has 1 fully saturated rings. The average molecular weight is 362 g/mol. The van der Waals surface area contributed by atoms with E-state index in [-0.39, 0.29) is 5.28 Å². The van der Waals surface area contributed by atoms with Crippen LogP contribution in [-0.2, 0) is 11.3 Å². The molecule has 0 N–H and O–H groups in total. The Bertz CT molecular complexity index is 834. The number of para-hydroxylation sites is 1. The first-order chi connectivity index (χ1) is 11.8. The zero-order chi connectivity index (χ0) is 16.4. The van der Waals surface area contributed by atoms with Crippen LogP contribution in [0.5, 0.6) is 5.75 Å². The molecule has 124 valence electrons. The Hall–Kier alpha value is -1.89. The Morgan fingerprint density at radius 1 is 1.17 bits per heavy atom. The number of halogens is 1. The fourth-order valence-corrected chi connectivity index (χ4v) is 3.87. The topological polar surface area (TPSA) is 47.5 Å². The van der Waals surface area contributed by atoms with Crippen LogP contribution >= 0.6 is 22.9 Å². The second-order valence-electron chi connectivity index (χ2n) is 5.44. The molecule has 3 aromatic rings.